The zero-order valence-electron chi connectivity index (χ0n) is 13.9. The predicted octanol–water partition coefficient (Wildman–Crippen LogP) is 3.03. The van der Waals surface area contributed by atoms with Gasteiger partial charge < -0.3 is 10.2 Å². The fraction of sp³-hybridized carbons (Fsp3) is 0.278. The third-order valence-corrected chi connectivity index (χ3v) is 4.84. The minimum absolute atomic E-state index is 0.0703. The van der Waals surface area contributed by atoms with Crippen LogP contribution in [-0.2, 0) is 18.4 Å². The Labute approximate surface area is 149 Å². The standard InChI is InChI=1S/C18H18ClN3O3/c1-10-13(4-6-16-18(10)20-21-22(16)2)14(8-17(24)25)11-3-5-15(19)12(7-11)9-23/h3-7,14,23H,8-9H2,1-2H3,(H,24,25). The lowest BCUT2D eigenvalue weighted by molar-refractivity contribution is -0.137. The van der Waals surface area contributed by atoms with Crippen molar-refractivity contribution in [2.45, 2.75) is 25.9 Å². The molecule has 0 aliphatic rings. The molecule has 0 spiro atoms. The van der Waals surface area contributed by atoms with E-state index < -0.39 is 5.97 Å². The number of carboxylic acids is 1. The lowest BCUT2D eigenvalue weighted by atomic mass is 9.85. The summed E-state index contributed by atoms with van der Waals surface area (Å²) in [6, 6.07) is 9.07. The number of rotatable bonds is 5. The van der Waals surface area contributed by atoms with Crippen LogP contribution in [0.5, 0.6) is 0 Å². The Balaban J connectivity index is 2.16. The van der Waals surface area contributed by atoms with Crippen molar-refractivity contribution in [1.82, 2.24) is 15.0 Å². The number of carboxylic acid groups (broad SMARTS) is 1. The molecule has 1 aromatic heterocycles. The molecule has 1 atom stereocenters. The van der Waals surface area contributed by atoms with Gasteiger partial charge in [0.25, 0.3) is 0 Å². The van der Waals surface area contributed by atoms with Gasteiger partial charge in [-0.2, -0.15) is 0 Å². The van der Waals surface area contributed by atoms with Gasteiger partial charge in [0, 0.05) is 18.0 Å². The summed E-state index contributed by atoms with van der Waals surface area (Å²) in [5.74, 6) is -1.27. The molecule has 6 nitrogen and oxygen atoms in total. The van der Waals surface area contributed by atoms with Crippen molar-refractivity contribution in [1.29, 1.82) is 0 Å². The highest BCUT2D eigenvalue weighted by molar-refractivity contribution is 6.31. The first-order valence-electron chi connectivity index (χ1n) is 7.82. The molecule has 0 saturated heterocycles. The first-order chi connectivity index (χ1) is 11.9. The first-order valence-corrected chi connectivity index (χ1v) is 8.20. The average Bonchev–Trinajstić information content (AvgIpc) is 2.96. The molecule has 3 rings (SSSR count). The van der Waals surface area contributed by atoms with Gasteiger partial charge in [0.05, 0.1) is 18.5 Å². The average molecular weight is 360 g/mol. The van der Waals surface area contributed by atoms with Gasteiger partial charge in [0.2, 0.25) is 0 Å². The number of halogens is 1. The summed E-state index contributed by atoms with van der Waals surface area (Å²) >= 11 is 6.07. The molecule has 2 N–H and O–H groups in total. The van der Waals surface area contributed by atoms with Gasteiger partial charge in [0.1, 0.15) is 5.52 Å². The highest BCUT2D eigenvalue weighted by Crippen LogP contribution is 2.34. The molecule has 0 radical (unpaired) electrons. The number of fused-ring (bicyclic) bond motifs is 1. The summed E-state index contributed by atoms with van der Waals surface area (Å²) in [7, 11) is 1.82. The fourth-order valence-electron chi connectivity index (χ4n) is 3.14. The van der Waals surface area contributed by atoms with E-state index in [0.29, 0.717) is 10.6 Å². The normalized spacial score (nSPS) is 12.5. The fourth-order valence-corrected chi connectivity index (χ4v) is 3.32. The van der Waals surface area contributed by atoms with E-state index in [2.05, 4.69) is 10.3 Å². The van der Waals surface area contributed by atoms with Gasteiger partial charge in [0.15, 0.2) is 0 Å². The van der Waals surface area contributed by atoms with Crippen LogP contribution in [0, 0.1) is 6.92 Å². The Morgan fingerprint density at radius 3 is 2.76 bits per heavy atom. The van der Waals surface area contributed by atoms with Gasteiger partial charge in [-0.05, 0) is 41.3 Å². The van der Waals surface area contributed by atoms with E-state index in [9.17, 15) is 15.0 Å². The topological polar surface area (TPSA) is 88.2 Å². The van der Waals surface area contributed by atoms with Crippen LogP contribution in [0.25, 0.3) is 11.0 Å². The molecule has 0 aliphatic carbocycles. The van der Waals surface area contributed by atoms with E-state index in [0.717, 1.165) is 27.7 Å². The molecule has 130 valence electrons. The summed E-state index contributed by atoms with van der Waals surface area (Å²) in [6.45, 7) is 1.72. The van der Waals surface area contributed by atoms with Gasteiger partial charge in [-0.3, -0.25) is 4.79 Å². The number of hydrogen-bond donors (Lipinski definition) is 2. The van der Waals surface area contributed by atoms with E-state index in [1.807, 2.05) is 26.1 Å². The lowest BCUT2D eigenvalue weighted by Crippen LogP contribution is -2.10. The molecule has 1 heterocycles. The number of carbonyl (C=O) groups is 1. The Kier molecular flexibility index (Phi) is 4.74. The molecular weight excluding hydrogens is 342 g/mol. The molecular formula is C18H18ClN3O3. The zero-order chi connectivity index (χ0) is 18.1. The van der Waals surface area contributed by atoms with Gasteiger partial charge in [-0.15, -0.1) is 5.10 Å². The molecule has 0 fully saturated rings. The Bertz CT molecular complexity index is 952. The third-order valence-electron chi connectivity index (χ3n) is 4.48. The largest absolute Gasteiger partial charge is 0.481 e. The number of aliphatic carboxylic acids is 1. The van der Waals surface area contributed by atoms with Crippen LogP contribution < -0.4 is 0 Å². The number of benzene rings is 2. The number of aryl methyl sites for hydroxylation is 2. The third kappa shape index (κ3) is 3.23. The predicted molar refractivity (Wildman–Crippen MR) is 94.7 cm³/mol. The van der Waals surface area contributed by atoms with Gasteiger partial charge >= 0.3 is 5.97 Å². The van der Waals surface area contributed by atoms with Crippen LogP contribution in [0.1, 0.15) is 34.6 Å². The van der Waals surface area contributed by atoms with Crippen LogP contribution in [0.15, 0.2) is 30.3 Å². The second-order valence-electron chi connectivity index (χ2n) is 6.02. The molecule has 1 unspecified atom stereocenters. The zero-order valence-corrected chi connectivity index (χ0v) is 14.7. The van der Waals surface area contributed by atoms with Crippen molar-refractivity contribution in [3.8, 4) is 0 Å². The van der Waals surface area contributed by atoms with Crippen LogP contribution >= 0.6 is 11.6 Å². The van der Waals surface area contributed by atoms with E-state index in [4.69, 9.17) is 11.6 Å². The van der Waals surface area contributed by atoms with Crippen molar-refractivity contribution < 1.29 is 15.0 Å². The summed E-state index contributed by atoms with van der Waals surface area (Å²) in [5, 5.41) is 27.5. The van der Waals surface area contributed by atoms with Crippen molar-refractivity contribution in [3.05, 3.63) is 57.6 Å². The molecule has 0 aliphatic heterocycles. The quantitative estimate of drug-likeness (QED) is 0.731. The molecule has 3 aromatic rings. The number of nitrogens with zero attached hydrogens (tertiary/aromatic N) is 3. The van der Waals surface area contributed by atoms with E-state index in [-0.39, 0.29) is 18.9 Å². The maximum absolute atomic E-state index is 11.4. The molecule has 0 bridgehead atoms. The minimum atomic E-state index is -0.899. The Hall–Kier alpha value is -2.44. The number of hydrogen-bond acceptors (Lipinski definition) is 4. The summed E-state index contributed by atoms with van der Waals surface area (Å²) in [4.78, 5) is 11.4. The summed E-state index contributed by atoms with van der Waals surface area (Å²) in [5.41, 5.74) is 4.79. The van der Waals surface area contributed by atoms with Crippen LogP contribution in [0.3, 0.4) is 0 Å². The van der Waals surface area contributed by atoms with Crippen LogP contribution in [-0.4, -0.2) is 31.2 Å². The summed E-state index contributed by atoms with van der Waals surface area (Å²) < 4.78 is 1.68. The minimum Gasteiger partial charge on any atom is -0.481 e. The Morgan fingerprint density at radius 2 is 2.08 bits per heavy atom. The maximum Gasteiger partial charge on any atom is 0.304 e. The molecule has 0 saturated carbocycles. The molecule has 2 aromatic carbocycles. The molecule has 0 amide bonds. The van der Waals surface area contributed by atoms with E-state index in [1.165, 1.54) is 0 Å². The Morgan fingerprint density at radius 1 is 1.32 bits per heavy atom. The van der Waals surface area contributed by atoms with Crippen molar-refractivity contribution in [2.24, 2.45) is 7.05 Å². The van der Waals surface area contributed by atoms with Crippen LogP contribution in [0.4, 0.5) is 0 Å². The summed E-state index contributed by atoms with van der Waals surface area (Å²) in [6.07, 6.45) is -0.0703. The number of aromatic nitrogens is 3. The molecule has 7 heteroatoms. The second-order valence-corrected chi connectivity index (χ2v) is 6.43. The highest BCUT2D eigenvalue weighted by atomic mass is 35.5. The number of aliphatic hydroxyl groups is 1. The van der Waals surface area contributed by atoms with Gasteiger partial charge in [-0.1, -0.05) is 35.0 Å². The first kappa shape index (κ1) is 17.4. The van der Waals surface area contributed by atoms with Crippen molar-refractivity contribution >= 4 is 28.6 Å². The number of aliphatic hydroxyl groups excluding tert-OH is 1. The van der Waals surface area contributed by atoms with Crippen LogP contribution in [0.2, 0.25) is 5.02 Å². The van der Waals surface area contributed by atoms with Crippen molar-refractivity contribution in [2.75, 3.05) is 0 Å². The second kappa shape index (κ2) is 6.82. The monoisotopic (exact) mass is 359 g/mol. The van der Waals surface area contributed by atoms with Crippen molar-refractivity contribution in [3.63, 3.8) is 0 Å². The lowest BCUT2D eigenvalue weighted by Gasteiger charge is -2.19. The van der Waals surface area contributed by atoms with E-state index >= 15 is 0 Å². The van der Waals surface area contributed by atoms with Gasteiger partial charge in [-0.25, -0.2) is 4.68 Å². The highest BCUT2D eigenvalue weighted by Gasteiger charge is 2.22. The molecule has 25 heavy (non-hydrogen) atoms. The smallest absolute Gasteiger partial charge is 0.304 e. The van der Waals surface area contributed by atoms with E-state index in [1.54, 1.807) is 22.9 Å². The maximum atomic E-state index is 11.4. The SMILES string of the molecule is Cc1c(C(CC(=O)O)c2ccc(Cl)c(CO)c2)ccc2c1nnn2C.